The first-order valence-electron chi connectivity index (χ1n) is 6.39. The van der Waals surface area contributed by atoms with E-state index < -0.39 is 4.92 Å². The summed E-state index contributed by atoms with van der Waals surface area (Å²) in [5.41, 5.74) is 1.84. The van der Waals surface area contributed by atoms with Gasteiger partial charge in [-0.15, -0.1) is 0 Å². The molecule has 0 aliphatic heterocycles. The molecule has 1 aromatic heterocycles. The average Bonchev–Trinajstić information content (AvgIpc) is 2.46. The summed E-state index contributed by atoms with van der Waals surface area (Å²) in [5.74, 6) is 0.491. The van der Waals surface area contributed by atoms with Crippen LogP contribution in [0.2, 0.25) is 0 Å². The Hall–Kier alpha value is -2.66. The lowest BCUT2D eigenvalue weighted by Crippen LogP contribution is -2.08. The van der Waals surface area contributed by atoms with Gasteiger partial charge in [-0.25, -0.2) is 9.97 Å². The fourth-order valence-electron chi connectivity index (χ4n) is 1.83. The fourth-order valence-corrected chi connectivity index (χ4v) is 2.37. The van der Waals surface area contributed by atoms with Crippen molar-refractivity contribution >= 4 is 23.3 Å². The van der Waals surface area contributed by atoms with Crippen LogP contribution in [0.15, 0.2) is 29.3 Å². The molecule has 1 heterocycles. The van der Waals surface area contributed by atoms with Crippen LogP contribution in [0.1, 0.15) is 17.0 Å². The fraction of sp³-hybridized carbons (Fsp3) is 0.214. The number of nitrogens with one attached hydrogen (secondary N) is 1. The number of aryl methyl sites for hydroxylation is 2. The van der Waals surface area contributed by atoms with E-state index in [-0.39, 0.29) is 16.5 Å². The second kappa shape index (κ2) is 6.87. The Kier molecular flexibility index (Phi) is 4.91. The monoisotopic (exact) mass is 315 g/mol. The van der Waals surface area contributed by atoms with Gasteiger partial charge in [-0.3, -0.25) is 10.1 Å². The van der Waals surface area contributed by atoms with Crippen molar-refractivity contribution in [1.82, 2.24) is 9.97 Å². The normalized spacial score (nSPS) is 10.0. The number of nitro groups is 1. The quantitative estimate of drug-likeness (QED) is 0.297. The van der Waals surface area contributed by atoms with Crippen molar-refractivity contribution in [1.29, 1.82) is 5.26 Å². The molecule has 0 saturated heterocycles. The van der Waals surface area contributed by atoms with E-state index >= 15 is 0 Å². The molecule has 0 unspecified atom stereocenters. The lowest BCUT2D eigenvalue weighted by Gasteiger charge is -2.09. The molecule has 1 aromatic carbocycles. The molecule has 0 amide bonds. The van der Waals surface area contributed by atoms with Gasteiger partial charge in [0.05, 0.1) is 4.92 Å². The smallest absolute Gasteiger partial charge is 0.344 e. The maximum atomic E-state index is 11.2. The van der Waals surface area contributed by atoms with Crippen LogP contribution in [0, 0.1) is 34.6 Å². The molecule has 112 valence electrons. The van der Waals surface area contributed by atoms with Crippen molar-refractivity contribution in [3.63, 3.8) is 0 Å². The van der Waals surface area contributed by atoms with Crippen molar-refractivity contribution in [2.45, 2.75) is 25.4 Å². The van der Waals surface area contributed by atoms with E-state index in [1.165, 1.54) is 0 Å². The third-order valence-corrected chi connectivity index (χ3v) is 3.44. The molecular formula is C14H13N5O2S. The van der Waals surface area contributed by atoms with Gasteiger partial charge in [0.2, 0.25) is 5.82 Å². The van der Waals surface area contributed by atoms with Gasteiger partial charge < -0.3 is 5.32 Å². The molecule has 0 saturated carbocycles. The summed E-state index contributed by atoms with van der Waals surface area (Å²) < 4.78 is 0. The first-order chi connectivity index (χ1) is 10.5. The number of nitriles is 1. The van der Waals surface area contributed by atoms with Gasteiger partial charge in [0.15, 0.2) is 5.03 Å². The summed E-state index contributed by atoms with van der Waals surface area (Å²) in [6.07, 6.45) is 0. The Morgan fingerprint density at radius 1 is 1.32 bits per heavy atom. The van der Waals surface area contributed by atoms with Crippen LogP contribution < -0.4 is 5.32 Å². The Bertz CT molecular complexity index is 740. The van der Waals surface area contributed by atoms with Gasteiger partial charge in [0.1, 0.15) is 11.2 Å². The number of nitrogens with zero attached hydrogens (tertiary/aromatic N) is 4. The highest BCUT2D eigenvalue weighted by atomic mass is 32.2. The number of thiocyanates is 1. The molecule has 2 rings (SSSR count). The predicted octanol–water partition coefficient (Wildman–Crippen LogP) is 3.19. The van der Waals surface area contributed by atoms with E-state index in [4.69, 9.17) is 5.26 Å². The zero-order valence-corrected chi connectivity index (χ0v) is 12.8. The van der Waals surface area contributed by atoms with E-state index in [2.05, 4.69) is 15.3 Å². The molecule has 0 spiro atoms. The number of hydrogen-bond donors (Lipinski definition) is 1. The van der Waals surface area contributed by atoms with Gasteiger partial charge >= 0.3 is 5.69 Å². The van der Waals surface area contributed by atoms with Crippen molar-refractivity contribution in [3.8, 4) is 5.40 Å². The van der Waals surface area contributed by atoms with Crippen molar-refractivity contribution in [2.24, 2.45) is 0 Å². The largest absolute Gasteiger partial charge is 0.360 e. The number of aromatic nitrogens is 2. The van der Waals surface area contributed by atoms with E-state index in [0.717, 1.165) is 11.1 Å². The SMILES string of the molecule is Cc1ccc(CNc2nc(C)nc(SC#N)c2[N+](=O)[O-])cc1. The summed E-state index contributed by atoms with van der Waals surface area (Å²) in [6.45, 7) is 4.01. The minimum absolute atomic E-state index is 0.0476. The van der Waals surface area contributed by atoms with E-state index in [1.807, 2.05) is 36.6 Å². The highest BCUT2D eigenvalue weighted by Crippen LogP contribution is 2.32. The molecule has 0 aliphatic rings. The Morgan fingerprint density at radius 2 is 2.00 bits per heavy atom. The molecule has 0 bridgehead atoms. The zero-order valence-electron chi connectivity index (χ0n) is 12.0. The van der Waals surface area contributed by atoms with Crippen LogP contribution in [0.25, 0.3) is 0 Å². The van der Waals surface area contributed by atoms with Gasteiger partial charge in [-0.05, 0) is 19.4 Å². The third-order valence-electron chi connectivity index (χ3n) is 2.87. The van der Waals surface area contributed by atoms with Crippen molar-refractivity contribution in [2.75, 3.05) is 5.32 Å². The standard InChI is InChI=1S/C14H13N5O2S/c1-9-3-5-11(6-4-9)7-16-13-12(19(20)21)14(22-8-15)18-10(2)17-13/h3-6H,7H2,1-2H3,(H,16,17,18). The first kappa shape index (κ1) is 15.7. The highest BCUT2D eigenvalue weighted by molar-refractivity contribution is 8.03. The Balaban J connectivity index is 2.31. The minimum Gasteiger partial charge on any atom is -0.360 e. The summed E-state index contributed by atoms with van der Waals surface area (Å²) in [4.78, 5) is 18.7. The molecule has 0 fully saturated rings. The van der Waals surface area contributed by atoms with Crippen molar-refractivity contribution < 1.29 is 4.92 Å². The molecule has 7 nitrogen and oxygen atoms in total. The second-order valence-corrected chi connectivity index (χ2v) is 5.34. The molecule has 0 radical (unpaired) electrons. The second-order valence-electron chi connectivity index (χ2n) is 4.56. The molecule has 1 N–H and O–H groups in total. The van der Waals surface area contributed by atoms with Crippen LogP contribution in [0.3, 0.4) is 0 Å². The third kappa shape index (κ3) is 3.71. The maximum Gasteiger partial charge on any atom is 0.344 e. The van der Waals surface area contributed by atoms with Gasteiger partial charge in [-0.2, -0.15) is 5.26 Å². The summed E-state index contributed by atoms with van der Waals surface area (Å²) in [6, 6.07) is 7.81. The average molecular weight is 315 g/mol. The predicted molar refractivity (Wildman–Crippen MR) is 83.4 cm³/mol. The number of benzene rings is 1. The topological polar surface area (TPSA) is 105 Å². The van der Waals surface area contributed by atoms with Gasteiger partial charge in [-0.1, -0.05) is 29.8 Å². The van der Waals surface area contributed by atoms with Crippen LogP contribution in [-0.4, -0.2) is 14.9 Å². The van der Waals surface area contributed by atoms with E-state index in [9.17, 15) is 10.1 Å². The van der Waals surface area contributed by atoms with Gasteiger partial charge in [0.25, 0.3) is 0 Å². The Labute approximate surface area is 131 Å². The maximum absolute atomic E-state index is 11.2. The molecule has 8 heteroatoms. The minimum atomic E-state index is -0.573. The molecule has 0 aliphatic carbocycles. The number of thioether (sulfide) groups is 1. The lowest BCUT2D eigenvalue weighted by atomic mass is 10.1. The lowest BCUT2D eigenvalue weighted by molar-refractivity contribution is -0.387. The van der Waals surface area contributed by atoms with Crippen molar-refractivity contribution in [3.05, 3.63) is 51.3 Å². The number of anilines is 1. The molecule has 2 aromatic rings. The number of hydrogen-bond acceptors (Lipinski definition) is 7. The summed E-state index contributed by atoms with van der Waals surface area (Å²) >= 11 is 0.655. The number of rotatable bonds is 5. The van der Waals surface area contributed by atoms with Gasteiger partial charge in [0, 0.05) is 18.3 Å². The van der Waals surface area contributed by atoms with Crippen LogP contribution >= 0.6 is 11.8 Å². The molecular weight excluding hydrogens is 302 g/mol. The first-order valence-corrected chi connectivity index (χ1v) is 7.21. The Morgan fingerprint density at radius 3 is 2.59 bits per heavy atom. The van der Waals surface area contributed by atoms with E-state index in [0.29, 0.717) is 24.1 Å². The highest BCUT2D eigenvalue weighted by Gasteiger charge is 2.24. The van der Waals surface area contributed by atoms with Crippen LogP contribution in [0.4, 0.5) is 11.5 Å². The van der Waals surface area contributed by atoms with Crippen LogP contribution in [-0.2, 0) is 6.54 Å². The molecule has 22 heavy (non-hydrogen) atoms. The zero-order chi connectivity index (χ0) is 16.1. The van der Waals surface area contributed by atoms with E-state index in [1.54, 1.807) is 6.92 Å². The summed E-state index contributed by atoms with van der Waals surface area (Å²) in [5, 5.41) is 24.8. The van der Waals surface area contributed by atoms with Crippen LogP contribution in [0.5, 0.6) is 0 Å². The molecule has 0 atom stereocenters. The summed E-state index contributed by atoms with van der Waals surface area (Å²) in [7, 11) is 0.